The summed E-state index contributed by atoms with van der Waals surface area (Å²) in [5.74, 6) is 2.20. The van der Waals surface area contributed by atoms with Crippen LogP contribution < -0.4 is 9.31 Å². The summed E-state index contributed by atoms with van der Waals surface area (Å²) in [6.45, 7) is 9.79. The number of hydrogen-bond donors (Lipinski definition) is 1. The molecule has 138 valence electrons. The van der Waals surface area contributed by atoms with Gasteiger partial charge in [-0.05, 0) is 0 Å². The zero-order valence-electron chi connectivity index (χ0n) is 15.9. The third kappa shape index (κ3) is 5.13. The number of benzene rings is 2. The molecule has 1 unspecified atom stereocenters. The van der Waals surface area contributed by atoms with Crippen molar-refractivity contribution >= 4 is 45.3 Å². The number of thioether (sulfide) groups is 1. The second kappa shape index (κ2) is 10.2. The molecule has 2 rings (SSSR count). The molecule has 0 bridgehead atoms. The van der Waals surface area contributed by atoms with E-state index in [9.17, 15) is 0 Å². The Hall–Kier alpha value is -0.271. The number of rotatable bonds is 10. The van der Waals surface area contributed by atoms with Crippen molar-refractivity contribution in [3.63, 3.8) is 0 Å². The van der Waals surface area contributed by atoms with Gasteiger partial charge in [-0.25, -0.2) is 0 Å². The van der Waals surface area contributed by atoms with Crippen LogP contribution in [0.4, 0.5) is 0 Å². The molecule has 0 aliphatic heterocycles. The SMILES string of the molecule is CC[O][Sn]([CH2]CSCC)([O]CC)[c]1cc2ccccc2cc1C(C)N. The van der Waals surface area contributed by atoms with Crippen molar-refractivity contribution in [1.29, 1.82) is 0 Å². The Kier molecular flexibility index (Phi) is 8.55. The van der Waals surface area contributed by atoms with Crippen molar-refractivity contribution in [1.82, 2.24) is 0 Å². The molecule has 0 spiro atoms. The number of hydrogen-bond acceptors (Lipinski definition) is 4. The monoisotopic (exact) mass is 469 g/mol. The first-order chi connectivity index (χ1) is 12.1. The summed E-state index contributed by atoms with van der Waals surface area (Å²) in [5, 5.41) is 2.47. The number of fused-ring (bicyclic) bond motifs is 1. The Balaban J connectivity index is 2.61. The van der Waals surface area contributed by atoms with Crippen molar-refractivity contribution in [2.45, 2.75) is 38.2 Å². The molecule has 3 nitrogen and oxygen atoms in total. The van der Waals surface area contributed by atoms with Crippen molar-refractivity contribution < 1.29 is 6.15 Å². The third-order valence-corrected chi connectivity index (χ3v) is 16.8. The summed E-state index contributed by atoms with van der Waals surface area (Å²) in [7, 11) is 0. The zero-order valence-corrected chi connectivity index (χ0v) is 19.5. The predicted molar refractivity (Wildman–Crippen MR) is 113 cm³/mol. The molecule has 5 heteroatoms. The van der Waals surface area contributed by atoms with Crippen molar-refractivity contribution in [2.75, 3.05) is 24.7 Å². The maximum absolute atomic E-state index is 6.46. The summed E-state index contributed by atoms with van der Waals surface area (Å²) in [6.07, 6.45) is 0. The van der Waals surface area contributed by atoms with Crippen molar-refractivity contribution in [2.24, 2.45) is 5.73 Å². The summed E-state index contributed by atoms with van der Waals surface area (Å²) in [4.78, 5) is 0. The van der Waals surface area contributed by atoms with Gasteiger partial charge in [-0.15, -0.1) is 0 Å². The van der Waals surface area contributed by atoms with E-state index < -0.39 is 19.2 Å². The van der Waals surface area contributed by atoms with Crippen LogP contribution in [0.15, 0.2) is 36.4 Å². The molecule has 2 N–H and O–H groups in total. The fourth-order valence-corrected chi connectivity index (χ4v) is 16.1. The van der Waals surface area contributed by atoms with Crippen LogP contribution in [0, 0.1) is 0 Å². The molecule has 0 aliphatic carbocycles. The molecule has 0 aliphatic rings. The standard InChI is InChI=1S/C12H12N.C4H9S.2C2H5O.Sn/c1-9(13)11-7-6-10-4-2-3-5-12(10)8-11;1-3-5-4-2;2*1-2-3;/h2-6,8-9H,13H2,1H3;1,3-4H2,2H3;2*2H2,1H3;/q;;2*-1;+2. The van der Waals surface area contributed by atoms with Crippen LogP contribution in [-0.2, 0) is 6.15 Å². The first-order valence-corrected chi connectivity index (χ1v) is 16.1. The average molecular weight is 468 g/mol. The van der Waals surface area contributed by atoms with Gasteiger partial charge in [-0.3, -0.25) is 0 Å². The van der Waals surface area contributed by atoms with E-state index in [1.54, 1.807) is 0 Å². The third-order valence-electron chi connectivity index (χ3n) is 4.35. The molecule has 0 amide bonds. The van der Waals surface area contributed by atoms with Crippen molar-refractivity contribution in [3.8, 4) is 0 Å². The van der Waals surface area contributed by atoms with Gasteiger partial charge in [0.15, 0.2) is 0 Å². The van der Waals surface area contributed by atoms with Crippen LogP contribution in [0.25, 0.3) is 10.8 Å². The molecule has 2 aromatic rings. The van der Waals surface area contributed by atoms with Crippen LogP contribution >= 0.6 is 11.8 Å². The van der Waals surface area contributed by atoms with Crippen LogP contribution in [0.3, 0.4) is 0 Å². The van der Waals surface area contributed by atoms with Crippen LogP contribution in [0.1, 0.15) is 39.3 Å². The predicted octanol–water partition coefficient (Wildman–Crippen LogP) is 4.33. The first-order valence-electron chi connectivity index (χ1n) is 9.22. The van der Waals surface area contributed by atoms with Crippen LogP contribution in [-0.4, -0.2) is 43.9 Å². The van der Waals surface area contributed by atoms with E-state index in [2.05, 4.69) is 64.1 Å². The molecule has 0 saturated heterocycles. The van der Waals surface area contributed by atoms with Crippen molar-refractivity contribution in [3.05, 3.63) is 42.0 Å². The van der Waals surface area contributed by atoms with Gasteiger partial charge in [-0.1, -0.05) is 0 Å². The van der Waals surface area contributed by atoms with Gasteiger partial charge in [-0.2, -0.15) is 0 Å². The normalized spacial score (nSPS) is 13.3. The molecule has 0 radical (unpaired) electrons. The number of nitrogens with two attached hydrogens (primary N) is 1. The second-order valence-corrected chi connectivity index (χ2v) is 16.4. The quantitative estimate of drug-likeness (QED) is 0.417. The summed E-state index contributed by atoms with van der Waals surface area (Å²) in [5.41, 5.74) is 7.56. The molecule has 25 heavy (non-hydrogen) atoms. The van der Waals surface area contributed by atoms with Gasteiger partial charge in [0.25, 0.3) is 0 Å². The summed E-state index contributed by atoms with van der Waals surface area (Å²) >= 11 is -1.49. The Bertz CT molecular complexity index is 672. The Morgan fingerprint density at radius 1 is 1.04 bits per heavy atom. The van der Waals surface area contributed by atoms with E-state index in [0.717, 1.165) is 15.9 Å². The van der Waals surface area contributed by atoms with E-state index >= 15 is 0 Å². The van der Waals surface area contributed by atoms with Gasteiger partial charge in [0.1, 0.15) is 0 Å². The molecule has 2 aromatic carbocycles. The fourth-order valence-electron chi connectivity index (χ4n) is 3.26. The molecule has 0 aromatic heterocycles. The fraction of sp³-hybridized carbons (Fsp3) is 0.500. The summed E-state index contributed by atoms with van der Waals surface area (Å²) in [6, 6.07) is 13.0. The molecule has 1 atom stereocenters. The van der Waals surface area contributed by atoms with E-state index in [1.807, 2.05) is 11.8 Å². The van der Waals surface area contributed by atoms with E-state index in [1.165, 1.54) is 19.9 Å². The summed E-state index contributed by atoms with van der Waals surface area (Å²) < 4.78 is 15.2. The zero-order chi connectivity index (χ0) is 18.3. The van der Waals surface area contributed by atoms with Gasteiger partial charge in [0, 0.05) is 0 Å². The van der Waals surface area contributed by atoms with Crippen LogP contribution in [0.5, 0.6) is 0 Å². The van der Waals surface area contributed by atoms with E-state index in [-0.39, 0.29) is 6.04 Å². The Labute approximate surface area is 161 Å². The minimum absolute atomic E-state index is 0.0320. The van der Waals surface area contributed by atoms with Crippen LogP contribution in [0.2, 0.25) is 4.44 Å². The average Bonchev–Trinajstić information content (AvgIpc) is 2.61. The van der Waals surface area contributed by atoms with Gasteiger partial charge >= 0.3 is 162 Å². The van der Waals surface area contributed by atoms with Gasteiger partial charge < -0.3 is 0 Å². The molecule has 0 heterocycles. The van der Waals surface area contributed by atoms with Gasteiger partial charge in [0.05, 0.1) is 0 Å². The molecular formula is C20H31NO2SSn. The second-order valence-electron chi connectivity index (χ2n) is 6.14. The Morgan fingerprint density at radius 2 is 1.64 bits per heavy atom. The minimum atomic E-state index is -3.45. The molecule has 0 saturated carbocycles. The topological polar surface area (TPSA) is 44.5 Å². The maximum atomic E-state index is 6.46. The molecular weight excluding hydrogens is 437 g/mol. The molecule has 0 fully saturated rings. The Morgan fingerprint density at radius 3 is 2.16 bits per heavy atom. The first kappa shape index (κ1) is 21.0. The van der Waals surface area contributed by atoms with E-state index in [0.29, 0.717) is 13.2 Å². The van der Waals surface area contributed by atoms with E-state index in [4.69, 9.17) is 11.9 Å². The van der Waals surface area contributed by atoms with Gasteiger partial charge in [0.2, 0.25) is 0 Å².